The van der Waals surface area contributed by atoms with Gasteiger partial charge in [0.05, 0.1) is 0 Å². The molecule has 1 fully saturated rings. The Labute approximate surface area is 49.7 Å². The number of hydrogen-bond acceptors (Lipinski definition) is 2. The lowest BCUT2D eigenvalue weighted by Gasteiger charge is -2.08. The van der Waals surface area contributed by atoms with Crippen molar-refractivity contribution >= 4 is 7.60 Å². The summed E-state index contributed by atoms with van der Waals surface area (Å²) in [6.45, 7) is 0. The van der Waals surface area contributed by atoms with Gasteiger partial charge in [-0.2, -0.15) is 0 Å². The Morgan fingerprint density at radius 1 is 1.88 bits per heavy atom. The first kappa shape index (κ1) is 4.01. The maximum Gasteiger partial charge on any atom is 0.345 e. The van der Waals surface area contributed by atoms with Crippen molar-refractivity contribution in [3.8, 4) is 0 Å². The molecule has 1 aliphatic carbocycles. The average molecular weight is 139 g/mol. The van der Waals surface area contributed by atoms with Crippen molar-refractivity contribution in [2.24, 2.45) is 5.73 Å². The molecule has 8 heavy (non-hydrogen) atoms. The van der Waals surface area contributed by atoms with Crippen LogP contribution in [0.1, 0.15) is 15.5 Å². The van der Waals surface area contributed by atoms with Crippen molar-refractivity contribution in [1.29, 1.82) is 0 Å². The van der Waals surface area contributed by atoms with E-state index in [1.807, 2.05) is 0 Å². The summed E-state index contributed by atoms with van der Waals surface area (Å²) in [6.07, 6.45) is -2.16. The molecule has 0 bridgehead atoms. The van der Waals surface area contributed by atoms with E-state index in [1.165, 1.54) is 0 Å². The lowest BCUT2D eigenvalue weighted by Crippen LogP contribution is -2.20. The Balaban J connectivity index is 2.89. The topological polar surface area (TPSA) is 83.6 Å². The monoisotopic (exact) mass is 139 g/mol. The van der Waals surface area contributed by atoms with Gasteiger partial charge in [-0.05, 0) is 12.8 Å². The smallest absolute Gasteiger partial charge is 0.323 e. The fourth-order valence-corrected chi connectivity index (χ4v) is 0.788. The van der Waals surface area contributed by atoms with Gasteiger partial charge in [-0.25, -0.2) is 0 Å². The Kier molecular flexibility index (Phi) is 0.668. The van der Waals surface area contributed by atoms with Gasteiger partial charge in [-0.3, -0.25) is 4.57 Å². The first-order valence-electron chi connectivity index (χ1n) is 3.05. The number of rotatable bonds is 1. The highest BCUT2D eigenvalue weighted by molar-refractivity contribution is 7.53. The van der Waals surface area contributed by atoms with Gasteiger partial charge in [0.1, 0.15) is 5.28 Å². The lowest BCUT2D eigenvalue weighted by atomic mass is 10.8. The summed E-state index contributed by atoms with van der Waals surface area (Å²) in [4.78, 5) is 17.0. The third kappa shape index (κ3) is 0.801. The van der Waals surface area contributed by atoms with Crippen molar-refractivity contribution in [2.45, 2.75) is 18.1 Å². The molecule has 1 atom stereocenters. The van der Waals surface area contributed by atoms with Gasteiger partial charge in [-0.1, -0.05) is 0 Å². The largest absolute Gasteiger partial charge is 0.345 e. The van der Waals surface area contributed by atoms with Gasteiger partial charge in [0, 0.05) is 2.74 Å². The number of nitrogens with two attached hydrogens (primary N) is 1. The van der Waals surface area contributed by atoms with E-state index < -0.39 is 19.2 Å². The van der Waals surface area contributed by atoms with Crippen LogP contribution in [0, 0.1) is 0 Å². The van der Waals surface area contributed by atoms with E-state index in [1.54, 1.807) is 0 Å². The van der Waals surface area contributed by atoms with Crippen LogP contribution in [0.15, 0.2) is 0 Å². The summed E-state index contributed by atoms with van der Waals surface area (Å²) in [5.41, 5.74) is 5.06. The van der Waals surface area contributed by atoms with Gasteiger partial charge in [0.25, 0.3) is 0 Å². The normalized spacial score (nSPS) is 47.4. The van der Waals surface area contributed by atoms with E-state index in [9.17, 15) is 4.57 Å². The Bertz CT molecular complexity index is 214. The van der Waals surface area contributed by atoms with Crippen LogP contribution in [-0.4, -0.2) is 15.1 Å². The zero-order valence-corrected chi connectivity index (χ0v) is 4.93. The van der Waals surface area contributed by atoms with E-state index in [0.29, 0.717) is 0 Å². The zero-order valence-electron chi connectivity index (χ0n) is 6.03. The molecule has 0 amide bonds. The van der Waals surface area contributed by atoms with Crippen LogP contribution in [0.2, 0.25) is 0 Å². The summed E-state index contributed by atoms with van der Waals surface area (Å²) in [5.74, 6) is 0. The van der Waals surface area contributed by atoms with Crippen LogP contribution < -0.4 is 5.73 Å². The van der Waals surface area contributed by atoms with Gasteiger partial charge < -0.3 is 15.5 Å². The molecule has 0 radical (unpaired) electrons. The minimum Gasteiger partial charge on any atom is -0.323 e. The van der Waals surface area contributed by atoms with Crippen LogP contribution in [0.3, 0.4) is 0 Å². The Morgan fingerprint density at radius 3 is 2.25 bits per heavy atom. The molecule has 0 saturated heterocycles. The summed E-state index contributed by atoms with van der Waals surface area (Å²) in [6, 6.07) is 0. The molecule has 0 spiro atoms. The van der Waals surface area contributed by atoms with E-state index >= 15 is 0 Å². The molecule has 0 aromatic carbocycles. The summed E-state index contributed by atoms with van der Waals surface area (Å²) < 4.78 is 24.3. The fraction of sp³-hybridized carbons (Fsp3) is 1.00. The van der Waals surface area contributed by atoms with Crippen molar-refractivity contribution < 1.29 is 17.1 Å². The minimum atomic E-state index is -4.46. The highest BCUT2D eigenvalue weighted by atomic mass is 31.2. The van der Waals surface area contributed by atoms with Crippen molar-refractivity contribution in [1.82, 2.24) is 0 Å². The van der Waals surface area contributed by atoms with Crippen LogP contribution in [0.4, 0.5) is 0 Å². The van der Waals surface area contributed by atoms with E-state index in [0.717, 1.165) is 0 Å². The van der Waals surface area contributed by atoms with Crippen LogP contribution in [-0.2, 0) is 4.57 Å². The van der Waals surface area contributed by atoms with Crippen molar-refractivity contribution in [2.75, 3.05) is 0 Å². The van der Waals surface area contributed by atoms with Gasteiger partial charge >= 0.3 is 7.60 Å². The molecule has 1 aliphatic rings. The van der Waals surface area contributed by atoms with Gasteiger partial charge in [-0.15, -0.1) is 0 Å². The Morgan fingerprint density at radius 2 is 2.25 bits per heavy atom. The van der Waals surface area contributed by atoms with Crippen LogP contribution in [0.5, 0.6) is 0 Å². The number of hydrogen-bond donors (Lipinski definition) is 3. The summed E-state index contributed by atoms with van der Waals surface area (Å²) in [7, 11) is -4.46. The molecule has 5 heteroatoms. The molecular formula is C3H8NO3P. The van der Waals surface area contributed by atoms with E-state index in [2.05, 4.69) is 0 Å². The second-order valence-corrected chi connectivity index (χ2v) is 3.71. The first-order chi connectivity index (χ1) is 4.21. The highest BCUT2D eigenvalue weighted by Crippen LogP contribution is 2.60. The molecule has 4 nitrogen and oxygen atoms in total. The predicted molar refractivity (Wildman–Crippen MR) is 28.2 cm³/mol. The maximum atomic E-state index is 10.5. The van der Waals surface area contributed by atoms with E-state index in [4.69, 9.17) is 18.3 Å². The molecule has 4 N–H and O–H groups in total. The van der Waals surface area contributed by atoms with Crippen LogP contribution >= 0.6 is 7.60 Å². The Hall–Kier alpha value is 0.110. The molecule has 0 aromatic rings. The van der Waals surface area contributed by atoms with Crippen molar-refractivity contribution in [3.05, 3.63) is 0 Å². The minimum absolute atomic E-state index is 0.260. The summed E-state index contributed by atoms with van der Waals surface area (Å²) in [5, 5.41) is -1.92. The van der Waals surface area contributed by atoms with E-state index in [-0.39, 0.29) is 6.42 Å². The van der Waals surface area contributed by atoms with Crippen LogP contribution in [0.25, 0.3) is 0 Å². The lowest BCUT2D eigenvalue weighted by molar-refractivity contribution is 0.355. The standard InChI is InChI=1S/C3H8NO3P/c4-3(1-2-3)8(5,6)7/h1-2,4H2,(H2,5,6,7)/i1D2. The molecule has 1 rings (SSSR count). The van der Waals surface area contributed by atoms with Gasteiger partial charge in [0.15, 0.2) is 0 Å². The third-order valence-corrected chi connectivity index (χ3v) is 2.41. The second kappa shape index (κ2) is 1.33. The third-order valence-electron chi connectivity index (χ3n) is 1.06. The molecule has 0 aliphatic heterocycles. The van der Waals surface area contributed by atoms with Crippen molar-refractivity contribution in [3.63, 3.8) is 0 Å². The summed E-state index contributed by atoms with van der Waals surface area (Å²) >= 11 is 0. The maximum absolute atomic E-state index is 10.5. The molecular weight excluding hydrogens is 129 g/mol. The molecule has 1 unspecified atom stereocenters. The molecule has 0 heterocycles. The highest BCUT2D eigenvalue weighted by Gasteiger charge is 2.53. The molecule has 1 saturated carbocycles. The quantitative estimate of drug-likeness (QED) is 0.432. The SMILES string of the molecule is [2H]C1([2H])CC1(N)P(=O)(O)O. The first-order valence-corrected chi connectivity index (χ1v) is 3.66. The predicted octanol–water partition coefficient (Wildman–Crippen LogP) is -0.387. The zero-order chi connectivity index (χ0) is 8.21. The van der Waals surface area contributed by atoms with Gasteiger partial charge in [0.2, 0.25) is 0 Å². The average Bonchev–Trinajstić information content (AvgIpc) is 2.05. The fourth-order valence-electron chi connectivity index (χ4n) is 0.297. The molecule has 48 valence electrons. The second-order valence-electron chi connectivity index (χ2n) is 1.82. The molecule has 0 aromatic heterocycles.